The van der Waals surface area contributed by atoms with Crippen LogP contribution in [0.2, 0.25) is 0 Å². The lowest BCUT2D eigenvalue weighted by molar-refractivity contribution is -0.112. The molecule has 0 amide bonds. The van der Waals surface area contributed by atoms with E-state index in [1.54, 1.807) is 11.8 Å². The first-order valence-corrected chi connectivity index (χ1v) is 11.9. The van der Waals surface area contributed by atoms with Gasteiger partial charge in [0.15, 0.2) is 11.4 Å². The van der Waals surface area contributed by atoms with Crippen molar-refractivity contribution in [2.45, 2.75) is 25.1 Å². The van der Waals surface area contributed by atoms with E-state index in [9.17, 15) is 5.11 Å². The fourth-order valence-corrected chi connectivity index (χ4v) is 5.24. The number of aryl methyl sites for hydroxylation is 1. The number of β-amino-alcohol motifs (C(OH)–C–C–N with tert-alkyl or cyclic N) is 1. The number of ether oxygens (including phenoxy) is 1. The third kappa shape index (κ3) is 3.94. The third-order valence-electron chi connectivity index (χ3n) is 6.95. The van der Waals surface area contributed by atoms with Crippen molar-refractivity contribution in [3.05, 3.63) is 84.2 Å². The zero-order valence-electron chi connectivity index (χ0n) is 19.7. The van der Waals surface area contributed by atoms with Gasteiger partial charge in [0, 0.05) is 48.0 Å². The molecule has 35 heavy (non-hydrogen) atoms. The second-order valence-corrected chi connectivity index (χ2v) is 9.29. The maximum absolute atomic E-state index is 11.2. The summed E-state index contributed by atoms with van der Waals surface area (Å²) in [5, 5.41) is 25.9. The van der Waals surface area contributed by atoms with Crippen LogP contribution in [0.25, 0.3) is 21.8 Å². The lowest BCUT2D eigenvalue weighted by Gasteiger charge is -2.45. The number of para-hydroxylation sites is 2. The van der Waals surface area contributed by atoms with Crippen molar-refractivity contribution in [1.29, 1.82) is 0 Å². The van der Waals surface area contributed by atoms with Gasteiger partial charge in [0.1, 0.15) is 5.75 Å². The molecule has 3 aromatic carbocycles. The topological polar surface area (TPSA) is 81.2 Å². The largest absolute Gasteiger partial charge is 0.497 e. The third-order valence-corrected chi connectivity index (χ3v) is 6.95. The lowest BCUT2D eigenvalue weighted by Crippen LogP contribution is -2.60. The Morgan fingerprint density at radius 3 is 2.20 bits per heavy atom. The number of likely N-dealkylation sites (tertiary alicyclic amines) is 1. The summed E-state index contributed by atoms with van der Waals surface area (Å²) in [6, 6.07) is 25.0. The van der Waals surface area contributed by atoms with Gasteiger partial charge in [0.2, 0.25) is 0 Å². The van der Waals surface area contributed by atoms with Crippen LogP contribution in [-0.4, -0.2) is 61.5 Å². The number of hydrogen-bond acceptors (Lipinski definition) is 6. The summed E-state index contributed by atoms with van der Waals surface area (Å²) in [7, 11) is 1.65. The molecule has 0 unspecified atom stereocenters. The van der Waals surface area contributed by atoms with Gasteiger partial charge in [-0.25, -0.2) is 4.68 Å². The molecule has 1 fully saturated rings. The Hall–Kier alpha value is -3.75. The summed E-state index contributed by atoms with van der Waals surface area (Å²) < 4.78 is 9.32. The molecule has 0 radical (unpaired) electrons. The first kappa shape index (κ1) is 21.8. The summed E-state index contributed by atoms with van der Waals surface area (Å²) in [5.74, 6) is 1.33. The minimum Gasteiger partial charge on any atom is -0.497 e. The lowest BCUT2D eigenvalue weighted by atomic mass is 9.93. The second-order valence-electron chi connectivity index (χ2n) is 9.29. The number of aliphatic hydroxyl groups is 1. The van der Waals surface area contributed by atoms with Crippen LogP contribution in [0.15, 0.2) is 72.8 Å². The quantitative estimate of drug-likeness (QED) is 0.376. The van der Waals surface area contributed by atoms with Gasteiger partial charge in [-0.05, 0) is 46.7 Å². The fraction of sp³-hybridized carbons (Fsp3) is 0.296. The molecule has 0 saturated carbocycles. The van der Waals surface area contributed by atoms with E-state index in [-0.39, 0.29) is 0 Å². The monoisotopic (exact) mass is 468 g/mol. The van der Waals surface area contributed by atoms with Gasteiger partial charge in [-0.3, -0.25) is 4.90 Å². The van der Waals surface area contributed by atoms with Crippen LogP contribution < -0.4 is 4.74 Å². The van der Waals surface area contributed by atoms with Crippen LogP contribution in [0, 0.1) is 0 Å². The molecule has 5 aromatic rings. The number of benzene rings is 3. The molecule has 2 aromatic heterocycles. The summed E-state index contributed by atoms with van der Waals surface area (Å²) >= 11 is 0. The smallest absolute Gasteiger partial charge is 0.186 e. The van der Waals surface area contributed by atoms with Crippen molar-refractivity contribution in [3.63, 3.8) is 0 Å². The van der Waals surface area contributed by atoms with Gasteiger partial charge in [0.05, 0.1) is 13.7 Å². The fourth-order valence-electron chi connectivity index (χ4n) is 5.24. The number of fused-ring (bicyclic) bond motifs is 3. The highest BCUT2D eigenvalue weighted by molar-refractivity contribution is 6.07. The summed E-state index contributed by atoms with van der Waals surface area (Å²) in [4.78, 5) is 2.26. The molecule has 3 heterocycles. The highest BCUT2D eigenvalue weighted by Crippen LogP contribution is 2.32. The number of methoxy groups -OCH3 is 1. The molecule has 1 aliphatic heterocycles. The van der Waals surface area contributed by atoms with E-state index >= 15 is 0 Å². The Morgan fingerprint density at radius 1 is 0.886 bits per heavy atom. The predicted octanol–water partition coefficient (Wildman–Crippen LogP) is 3.43. The van der Waals surface area contributed by atoms with E-state index < -0.39 is 5.60 Å². The van der Waals surface area contributed by atoms with Crippen molar-refractivity contribution in [2.75, 3.05) is 26.7 Å². The highest BCUT2D eigenvalue weighted by atomic mass is 16.5. The number of rotatable bonds is 8. The van der Waals surface area contributed by atoms with Crippen molar-refractivity contribution < 1.29 is 9.84 Å². The van der Waals surface area contributed by atoms with Crippen LogP contribution in [0.4, 0.5) is 0 Å². The molecule has 0 atom stereocenters. The first-order chi connectivity index (χ1) is 17.1. The molecule has 1 aliphatic rings. The minimum atomic E-state index is -1.02. The van der Waals surface area contributed by atoms with E-state index in [0.717, 1.165) is 30.8 Å². The SMILES string of the molecule is COc1ccc(Cn2nnnc2C2(O)CN(CCCn3c4ccccc4c4ccccc43)C2)cc1. The second kappa shape index (κ2) is 8.79. The maximum atomic E-state index is 11.2. The van der Waals surface area contributed by atoms with Gasteiger partial charge in [0.25, 0.3) is 0 Å². The zero-order valence-corrected chi connectivity index (χ0v) is 19.7. The summed E-state index contributed by atoms with van der Waals surface area (Å²) in [6.45, 7) is 3.40. The number of tetrazole rings is 1. The molecule has 0 spiro atoms. The standard InChI is InChI=1S/C27H28N6O2/c1-35-21-13-11-20(12-14-21)17-33-26(28-29-30-33)27(34)18-31(19-27)15-6-16-32-24-9-4-2-7-22(24)23-8-3-5-10-25(23)32/h2-5,7-14,34H,6,15-19H2,1H3. The first-order valence-electron chi connectivity index (χ1n) is 11.9. The van der Waals surface area contributed by atoms with E-state index in [1.165, 1.54) is 21.8 Å². The molecule has 0 bridgehead atoms. The van der Waals surface area contributed by atoms with Crippen molar-refractivity contribution in [3.8, 4) is 5.75 Å². The molecule has 8 heteroatoms. The zero-order chi connectivity index (χ0) is 23.8. The van der Waals surface area contributed by atoms with Crippen molar-refractivity contribution in [2.24, 2.45) is 0 Å². The van der Waals surface area contributed by atoms with Gasteiger partial charge in [-0.2, -0.15) is 0 Å². The predicted molar refractivity (Wildman–Crippen MR) is 134 cm³/mol. The molecule has 1 N–H and O–H groups in total. The summed E-state index contributed by atoms with van der Waals surface area (Å²) in [6.07, 6.45) is 0.996. The summed E-state index contributed by atoms with van der Waals surface area (Å²) in [5.41, 5.74) is 2.56. The van der Waals surface area contributed by atoms with Gasteiger partial charge in [-0.15, -0.1) is 5.10 Å². The van der Waals surface area contributed by atoms with E-state index in [2.05, 4.69) is 73.5 Å². The molecular weight excluding hydrogens is 440 g/mol. The number of aromatic nitrogens is 5. The van der Waals surface area contributed by atoms with Crippen molar-refractivity contribution in [1.82, 2.24) is 29.7 Å². The van der Waals surface area contributed by atoms with Crippen LogP contribution >= 0.6 is 0 Å². The maximum Gasteiger partial charge on any atom is 0.186 e. The van der Waals surface area contributed by atoms with E-state index in [1.807, 2.05) is 24.3 Å². The van der Waals surface area contributed by atoms with Crippen molar-refractivity contribution >= 4 is 21.8 Å². The molecule has 6 rings (SSSR count). The number of nitrogens with zero attached hydrogens (tertiary/aromatic N) is 6. The minimum absolute atomic E-state index is 0.502. The normalized spacial score (nSPS) is 15.5. The molecule has 1 saturated heterocycles. The molecule has 178 valence electrons. The molecule has 0 aliphatic carbocycles. The molecular formula is C27H28N6O2. The Balaban J connectivity index is 1.10. The average Bonchev–Trinajstić information content (AvgIpc) is 3.46. The van der Waals surface area contributed by atoms with E-state index in [4.69, 9.17) is 4.74 Å². The van der Waals surface area contributed by atoms with Crippen LogP contribution in [0.1, 0.15) is 17.8 Å². The van der Waals surface area contributed by atoms with Crippen LogP contribution in [-0.2, 0) is 18.7 Å². The van der Waals surface area contributed by atoms with Gasteiger partial charge in [-0.1, -0.05) is 48.5 Å². The van der Waals surface area contributed by atoms with Crippen LogP contribution in [0.3, 0.4) is 0 Å². The van der Waals surface area contributed by atoms with Gasteiger partial charge < -0.3 is 14.4 Å². The average molecular weight is 469 g/mol. The Kier molecular flexibility index (Phi) is 5.47. The van der Waals surface area contributed by atoms with E-state index in [0.29, 0.717) is 25.5 Å². The number of hydrogen-bond donors (Lipinski definition) is 1. The Labute approximate surface area is 203 Å². The Morgan fingerprint density at radius 2 is 1.54 bits per heavy atom. The Bertz CT molecular complexity index is 1410. The van der Waals surface area contributed by atoms with Crippen LogP contribution in [0.5, 0.6) is 5.75 Å². The highest BCUT2D eigenvalue weighted by Gasteiger charge is 2.46. The molecule has 8 nitrogen and oxygen atoms in total. The van der Waals surface area contributed by atoms with Gasteiger partial charge >= 0.3 is 0 Å².